The third-order valence-corrected chi connectivity index (χ3v) is 5.13. The van der Waals surface area contributed by atoms with Gasteiger partial charge in [0.25, 0.3) is 0 Å². The van der Waals surface area contributed by atoms with Gasteiger partial charge in [0.2, 0.25) is 0 Å². The Morgan fingerprint density at radius 2 is 2.04 bits per heavy atom. The molecule has 2 atom stereocenters. The summed E-state index contributed by atoms with van der Waals surface area (Å²) in [7, 11) is 1.83. The maximum atomic E-state index is 6.01. The molecule has 0 bridgehead atoms. The molecule has 7 nitrogen and oxygen atoms in total. The second-order valence-corrected chi connectivity index (χ2v) is 7.37. The molecule has 0 spiro atoms. The van der Waals surface area contributed by atoms with Gasteiger partial charge in [0.05, 0.1) is 6.10 Å². The van der Waals surface area contributed by atoms with Crippen molar-refractivity contribution in [3.05, 3.63) is 12.7 Å². The van der Waals surface area contributed by atoms with E-state index < -0.39 is 0 Å². The van der Waals surface area contributed by atoms with Crippen molar-refractivity contribution in [3.8, 4) is 0 Å². The summed E-state index contributed by atoms with van der Waals surface area (Å²) in [5.74, 6) is 0.884. The molecule has 0 radical (unpaired) electrons. The van der Waals surface area contributed by atoms with Crippen molar-refractivity contribution in [2.45, 2.75) is 71.6 Å². The van der Waals surface area contributed by atoms with Crippen LogP contribution in [0.3, 0.4) is 0 Å². The molecule has 1 aliphatic carbocycles. The minimum Gasteiger partial charge on any atom is -0.378 e. The highest BCUT2D eigenvalue weighted by Crippen LogP contribution is 2.42. The maximum absolute atomic E-state index is 6.01. The van der Waals surface area contributed by atoms with Gasteiger partial charge in [-0.1, -0.05) is 27.2 Å². The number of guanidine groups is 1. The summed E-state index contributed by atoms with van der Waals surface area (Å²) in [4.78, 5) is 4.35. The number of aliphatic imine (C=N–C) groups is 1. The normalized spacial score (nSPS) is 22.5. The highest BCUT2D eigenvalue weighted by molar-refractivity contribution is 5.80. The van der Waals surface area contributed by atoms with Crippen molar-refractivity contribution in [3.63, 3.8) is 0 Å². The maximum Gasteiger partial charge on any atom is 0.191 e. The minimum atomic E-state index is 0.139. The molecule has 0 aliphatic heterocycles. The molecule has 25 heavy (non-hydrogen) atoms. The quantitative estimate of drug-likeness (QED) is 0.384. The smallest absolute Gasteiger partial charge is 0.191 e. The molecule has 1 saturated carbocycles. The van der Waals surface area contributed by atoms with Crippen molar-refractivity contribution in [1.29, 1.82) is 0 Å². The SMILES string of the molecule is CCCCOC1CC(NC(=NC)NCCCCn2cnnc2)C1(C)C. The van der Waals surface area contributed by atoms with Crippen molar-refractivity contribution >= 4 is 5.96 Å². The second-order valence-electron chi connectivity index (χ2n) is 7.37. The Morgan fingerprint density at radius 3 is 2.68 bits per heavy atom. The Labute approximate surface area is 151 Å². The summed E-state index contributed by atoms with van der Waals surface area (Å²) in [5.41, 5.74) is 0.139. The number of ether oxygens (including phenoxy) is 1. The zero-order chi connectivity index (χ0) is 18.1. The molecular formula is C18H34N6O. The average Bonchev–Trinajstić information content (AvgIpc) is 3.11. The molecule has 0 saturated heterocycles. The number of aromatic nitrogens is 3. The van der Waals surface area contributed by atoms with Crippen LogP contribution in [0, 0.1) is 5.41 Å². The van der Waals surface area contributed by atoms with Crippen LogP contribution in [0.4, 0.5) is 0 Å². The zero-order valence-electron chi connectivity index (χ0n) is 16.2. The van der Waals surface area contributed by atoms with Crippen LogP contribution >= 0.6 is 0 Å². The van der Waals surface area contributed by atoms with Gasteiger partial charge in [-0.3, -0.25) is 4.99 Å². The molecule has 1 aromatic heterocycles. The van der Waals surface area contributed by atoms with E-state index in [1.807, 2.05) is 11.6 Å². The molecule has 0 amide bonds. The molecule has 0 aromatic carbocycles. The predicted octanol–water partition coefficient (Wildman–Crippen LogP) is 2.21. The van der Waals surface area contributed by atoms with Crippen molar-refractivity contribution < 1.29 is 4.74 Å². The first-order valence-electron chi connectivity index (χ1n) is 9.49. The third kappa shape index (κ3) is 5.70. The van der Waals surface area contributed by atoms with Crippen molar-refractivity contribution in [1.82, 2.24) is 25.4 Å². The number of unbranched alkanes of at least 4 members (excludes halogenated alkanes) is 2. The van der Waals surface area contributed by atoms with Gasteiger partial charge in [-0.2, -0.15) is 0 Å². The molecule has 1 fully saturated rings. The largest absolute Gasteiger partial charge is 0.378 e. The summed E-state index contributed by atoms with van der Waals surface area (Å²) in [6.45, 7) is 9.48. The first kappa shape index (κ1) is 19.7. The van der Waals surface area contributed by atoms with Crippen LogP contribution in [-0.4, -0.2) is 53.1 Å². The molecule has 2 rings (SSSR count). The number of hydrogen-bond acceptors (Lipinski definition) is 4. The second kappa shape index (κ2) is 9.75. The van der Waals surface area contributed by atoms with Gasteiger partial charge in [0, 0.05) is 38.2 Å². The van der Waals surface area contributed by atoms with Gasteiger partial charge in [0.1, 0.15) is 12.7 Å². The van der Waals surface area contributed by atoms with Crippen LogP contribution in [0.15, 0.2) is 17.6 Å². The molecule has 1 heterocycles. The van der Waals surface area contributed by atoms with Crippen LogP contribution in [-0.2, 0) is 11.3 Å². The fourth-order valence-electron chi connectivity index (χ4n) is 3.11. The molecule has 7 heteroatoms. The number of nitrogens with zero attached hydrogens (tertiary/aromatic N) is 4. The Hall–Kier alpha value is -1.63. The van der Waals surface area contributed by atoms with Gasteiger partial charge in [-0.25, -0.2) is 0 Å². The minimum absolute atomic E-state index is 0.139. The molecule has 142 valence electrons. The van der Waals surface area contributed by atoms with E-state index in [0.717, 1.165) is 51.3 Å². The Kier molecular flexibility index (Phi) is 7.68. The van der Waals surface area contributed by atoms with Crippen LogP contribution in [0.5, 0.6) is 0 Å². The van der Waals surface area contributed by atoms with E-state index in [-0.39, 0.29) is 5.41 Å². The first-order valence-corrected chi connectivity index (χ1v) is 9.49. The van der Waals surface area contributed by atoms with Crippen LogP contribution in [0.25, 0.3) is 0 Å². The van der Waals surface area contributed by atoms with Crippen LogP contribution in [0.2, 0.25) is 0 Å². The highest BCUT2D eigenvalue weighted by Gasteiger charge is 2.49. The van der Waals surface area contributed by atoms with Gasteiger partial charge in [-0.05, 0) is 25.7 Å². The predicted molar refractivity (Wildman–Crippen MR) is 101 cm³/mol. The highest BCUT2D eigenvalue weighted by atomic mass is 16.5. The Bertz CT molecular complexity index is 514. The number of aryl methyl sites for hydroxylation is 1. The van der Waals surface area contributed by atoms with E-state index in [9.17, 15) is 0 Å². The zero-order valence-corrected chi connectivity index (χ0v) is 16.2. The monoisotopic (exact) mass is 350 g/mol. The summed E-state index contributed by atoms with van der Waals surface area (Å²) in [6, 6.07) is 0.405. The van der Waals surface area contributed by atoms with Gasteiger partial charge >= 0.3 is 0 Å². The van der Waals surface area contributed by atoms with Gasteiger partial charge < -0.3 is 19.9 Å². The third-order valence-electron chi connectivity index (χ3n) is 5.13. The lowest BCUT2D eigenvalue weighted by molar-refractivity contribution is -0.113. The van der Waals surface area contributed by atoms with Gasteiger partial charge in [-0.15, -0.1) is 10.2 Å². The first-order chi connectivity index (χ1) is 12.1. The topological polar surface area (TPSA) is 76.4 Å². The molecule has 2 N–H and O–H groups in total. The lowest BCUT2D eigenvalue weighted by atomic mass is 9.64. The standard InChI is InChI=1S/C18H34N6O/c1-5-6-11-25-16-12-15(18(16,2)3)23-17(19-4)20-9-7-8-10-24-13-21-22-14-24/h13-16H,5-12H2,1-4H3,(H2,19,20,23). The number of rotatable bonds is 10. The van der Waals surface area contributed by atoms with Gasteiger partial charge in [0.15, 0.2) is 5.96 Å². The van der Waals surface area contributed by atoms with Crippen LogP contribution < -0.4 is 10.6 Å². The fraction of sp³-hybridized carbons (Fsp3) is 0.833. The lowest BCUT2D eigenvalue weighted by Crippen LogP contribution is -2.63. The lowest BCUT2D eigenvalue weighted by Gasteiger charge is -2.52. The van der Waals surface area contributed by atoms with Crippen LogP contribution in [0.1, 0.15) is 52.9 Å². The average molecular weight is 351 g/mol. The van der Waals surface area contributed by atoms with Crippen molar-refractivity contribution in [2.75, 3.05) is 20.2 Å². The Morgan fingerprint density at radius 1 is 1.28 bits per heavy atom. The Balaban J connectivity index is 1.63. The van der Waals surface area contributed by atoms with Crippen molar-refractivity contribution in [2.24, 2.45) is 10.4 Å². The summed E-state index contributed by atoms with van der Waals surface area (Å²) in [5, 5.41) is 14.6. The summed E-state index contributed by atoms with van der Waals surface area (Å²) < 4.78 is 8.02. The van der Waals surface area contributed by atoms with E-state index in [4.69, 9.17) is 4.74 Å². The van der Waals surface area contributed by atoms with E-state index in [1.54, 1.807) is 12.7 Å². The number of nitrogens with one attached hydrogen (secondary N) is 2. The van der Waals surface area contributed by atoms with E-state index >= 15 is 0 Å². The fourth-order valence-corrected chi connectivity index (χ4v) is 3.11. The van der Waals surface area contributed by atoms with E-state index in [0.29, 0.717) is 12.1 Å². The molecule has 1 aliphatic rings. The summed E-state index contributed by atoms with van der Waals surface area (Å²) in [6.07, 6.45) is 9.40. The molecular weight excluding hydrogens is 316 g/mol. The van der Waals surface area contributed by atoms with E-state index in [2.05, 4.69) is 46.6 Å². The number of hydrogen-bond donors (Lipinski definition) is 2. The molecule has 1 aromatic rings. The molecule has 2 unspecified atom stereocenters. The summed E-state index contributed by atoms with van der Waals surface area (Å²) >= 11 is 0. The van der Waals surface area contributed by atoms with E-state index in [1.165, 1.54) is 6.42 Å².